The predicted octanol–water partition coefficient (Wildman–Crippen LogP) is 2.75. The Kier molecular flexibility index (Phi) is 4.43. The third-order valence-electron chi connectivity index (χ3n) is 4.69. The normalized spacial score (nSPS) is 35.0. The molecule has 3 heteroatoms. The van der Waals surface area contributed by atoms with Crippen molar-refractivity contribution in [2.75, 3.05) is 13.1 Å². The molecular formula is C14H25NO2. The molecule has 1 heterocycles. The monoisotopic (exact) mass is 239 g/mol. The molecule has 1 atom stereocenters. The van der Waals surface area contributed by atoms with E-state index in [0.29, 0.717) is 12.3 Å². The summed E-state index contributed by atoms with van der Waals surface area (Å²) in [5.74, 6) is 0.714. The topological polar surface area (TPSA) is 40.5 Å². The van der Waals surface area contributed by atoms with Gasteiger partial charge in [-0.1, -0.05) is 13.3 Å². The molecule has 0 bridgehead atoms. The molecular weight excluding hydrogens is 214 g/mol. The number of carbonyl (C=O) groups is 1. The van der Waals surface area contributed by atoms with Crippen LogP contribution in [0.1, 0.15) is 51.9 Å². The Morgan fingerprint density at radius 1 is 1.18 bits per heavy atom. The summed E-state index contributed by atoms with van der Waals surface area (Å²) < 4.78 is 0. The number of hydrogen-bond donors (Lipinski definition) is 1. The fraction of sp³-hybridized carbons (Fsp3) is 0.929. The number of rotatable bonds is 4. The Morgan fingerprint density at radius 2 is 1.88 bits per heavy atom. The third-order valence-corrected chi connectivity index (χ3v) is 4.69. The number of carboxylic acid groups (broad SMARTS) is 1. The van der Waals surface area contributed by atoms with Crippen molar-refractivity contribution >= 4 is 5.97 Å². The van der Waals surface area contributed by atoms with Crippen LogP contribution in [0.5, 0.6) is 0 Å². The lowest BCUT2D eigenvalue weighted by molar-refractivity contribution is -0.138. The molecule has 17 heavy (non-hydrogen) atoms. The number of nitrogens with zero attached hydrogens (tertiary/aromatic N) is 1. The Balaban J connectivity index is 1.75. The number of aliphatic carboxylic acids is 1. The molecule has 2 fully saturated rings. The molecule has 1 saturated carbocycles. The van der Waals surface area contributed by atoms with Gasteiger partial charge in [0.05, 0.1) is 0 Å². The second kappa shape index (κ2) is 5.85. The van der Waals surface area contributed by atoms with Crippen LogP contribution in [-0.2, 0) is 4.79 Å². The fourth-order valence-electron chi connectivity index (χ4n) is 3.53. The van der Waals surface area contributed by atoms with Crippen LogP contribution in [0.25, 0.3) is 0 Å². The van der Waals surface area contributed by atoms with Gasteiger partial charge in [-0.15, -0.1) is 0 Å². The smallest absolute Gasteiger partial charge is 0.303 e. The van der Waals surface area contributed by atoms with Gasteiger partial charge in [-0.25, -0.2) is 0 Å². The van der Waals surface area contributed by atoms with E-state index in [1.807, 2.05) is 0 Å². The van der Waals surface area contributed by atoms with E-state index in [0.717, 1.165) is 31.5 Å². The molecule has 1 aliphatic carbocycles. The molecule has 2 aliphatic rings. The van der Waals surface area contributed by atoms with Gasteiger partial charge in [0.25, 0.3) is 0 Å². The Labute approximate surface area is 104 Å². The summed E-state index contributed by atoms with van der Waals surface area (Å²) in [4.78, 5) is 13.3. The summed E-state index contributed by atoms with van der Waals surface area (Å²) in [6.07, 6.45) is 8.19. The van der Waals surface area contributed by atoms with Crippen LogP contribution in [0.4, 0.5) is 0 Å². The highest BCUT2D eigenvalue weighted by Crippen LogP contribution is 2.32. The molecule has 1 unspecified atom stereocenters. The highest BCUT2D eigenvalue weighted by molar-refractivity contribution is 5.67. The molecule has 0 spiro atoms. The molecule has 0 radical (unpaired) electrons. The predicted molar refractivity (Wildman–Crippen MR) is 68.0 cm³/mol. The van der Waals surface area contributed by atoms with Crippen molar-refractivity contribution in [3.8, 4) is 0 Å². The van der Waals surface area contributed by atoms with E-state index in [9.17, 15) is 4.79 Å². The van der Waals surface area contributed by atoms with Crippen molar-refractivity contribution in [3.05, 3.63) is 0 Å². The van der Waals surface area contributed by atoms with Crippen molar-refractivity contribution in [2.24, 2.45) is 11.8 Å². The van der Waals surface area contributed by atoms with E-state index in [2.05, 4.69) is 11.8 Å². The van der Waals surface area contributed by atoms with E-state index in [4.69, 9.17) is 5.11 Å². The van der Waals surface area contributed by atoms with Crippen molar-refractivity contribution in [1.82, 2.24) is 4.90 Å². The van der Waals surface area contributed by atoms with Gasteiger partial charge in [0.2, 0.25) is 0 Å². The second-order valence-corrected chi connectivity index (χ2v) is 5.83. The van der Waals surface area contributed by atoms with Crippen molar-refractivity contribution < 1.29 is 9.90 Å². The second-order valence-electron chi connectivity index (χ2n) is 5.83. The van der Waals surface area contributed by atoms with Crippen molar-refractivity contribution in [3.63, 3.8) is 0 Å². The van der Waals surface area contributed by atoms with Crippen LogP contribution in [0, 0.1) is 11.8 Å². The molecule has 1 saturated heterocycles. The zero-order chi connectivity index (χ0) is 12.3. The number of hydrogen-bond acceptors (Lipinski definition) is 2. The molecule has 0 aromatic rings. The Bertz CT molecular complexity index is 259. The van der Waals surface area contributed by atoms with E-state index in [1.165, 1.54) is 32.1 Å². The standard InChI is InChI=1S/C14H25NO2/c1-2-11-3-5-13(6-4-11)15-8-7-12(10-15)9-14(16)17/h11-13H,2-10H2,1H3,(H,16,17). The minimum atomic E-state index is -0.633. The lowest BCUT2D eigenvalue weighted by atomic mass is 9.84. The summed E-state index contributed by atoms with van der Waals surface area (Å²) in [5, 5.41) is 8.82. The van der Waals surface area contributed by atoms with Gasteiger partial charge in [-0.3, -0.25) is 4.79 Å². The van der Waals surface area contributed by atoms with E-state index in [1.54, 1.807) is 0 Å². The summed E-state index contributed by atoms with van der Waals surface area (Å²) in [6.45, 7) is 4.44. The first-order valence-electron chi connectivity index (χ1n) is 7.15. The average Bonchev–Trinajstić information content (AvgIpc) is 2.77. The van der Waals surface area contributed by atoms with Gasteiger partial charge in [0.15, 0.2) is 0 Å². The van der Waals surface area contributed by atoms with E-state index in [-0.39, 0.29) is 0 Å². The highest BCUT2D eigenvalue weighted by atomic mass is 16.4. The Hall–Kier alpha value is -0.570. The summed E-state index contributed by atoms with van der Waals surface area (Å²) in [6, 6.07) is 0.747. The minimum absolute atomic E-state index is 0.362. The quantitative estimate of drug-likeness (QED) is 0.820. The van der Waals surface area contributed by atoms with Crippen LogP contribution < -0.4 is 0 Å². The molecule has 0 aromatic heterocycles. The molecule has 98 valence electrons. The maximum atomic E-state index is 10.7. The van der Waals surface area contributed by atoms with Gasteiger partial charge in [-0.05, 0) is 50.5 Å². The van der Waals surface area contributed by atoms with Crippen LogP contribution in [0.2, 0.25) is 0 Å². The minimum Gasteiger partial charge on any atom is -0.481 e. The largest absolute Gasteiger partial charge is 0.481 e. The highest BCUT2D eigenvalue weighted by Gasteiger charge is 2.31. The zero-order valence-electron chi connectivity index (χ0n) is 10.9. The Morgan fingerprint density at radius 3 is 2.47 bits per heavy atom. The van der Waals surface area contributed by atoms with Crippen LogP contribution in [0.3, 0.4) is 0 Å². The van der Waals surface area contributed by atoms with Crippen molar-refractivity contribution in [1.29, 1.82) is 0 Å². The van der Waals surface area contributed by atoms with Gasteiger partial charge >= 0.3 is 5.97 Å². The molecule has 3 nitrogen and oxygen atoms in total. The van der Waals surface area contributed by atoms with E-state index < -0.39 is 5.97 Å². The molecule has 0 amide bonds. The van der Waals surface area contributed by atoms with Crippen LogP contribution >= 0.6 is 0 Å². The number of carboxylic acids is 1. The first-order valence-corrected chi connectivity index (χ1v) is 7.15. The molecule has 1 aliphatic heterocycles. The first kappa shape index (κ1) is 12.9. The fourth-order valence-corrected chi connectivity index (χ4v) is 3.53. The van der Waals surface area contributed by atoms with Gasteiger partial charge in [0.1, 0.15) is 0 Å². The lowest BCUT2D eigenvalue weighted by Gasteiger charge is -2.34. The number of likely N-dealkylation sites (tertiary alicyclic amines) is 1. The average molecular weight is 239 g/mol. The third kappa shape index (κ3) is 3.44. The van der Waals surface area contributed by atoms with Crippen molar-refractivity contribution in [2.45, 2.75) is 57.9 Å². The summed E-state index contributed by atoms with van der Waals surface area (Å²) >= 11 is 0. The maximum Gasteiger partial charge on any atom is 0.303 e. The molecule has 1 N–H and O–H groups in total. The SMILES string of the molecule is CCC1CCC(N2CCC(CC(=O)O)C2)CC1. The lowest BCUT2D eigenvalue weighted by Crippen LogP contribution is -2.36. The van der Waals surface area contributed by atoms with Gasteiger partial charge < -0.3 is 10.0 Å². The first-order chi connectivity index (χ1) is 8.19. The summed E-state index contributed by atoms with van der Waals surface area (Å²) in [5.41, 5.74) is 0. The zero-order valence-corrected chi connectivity index (χ0v) is 10.9. The molecule has 0 aromatic carbocycles. The summed E-state index contributed by atoms with van der Waals surface area (Å²) in [7, 11) is 0. The van der Waals surface area contributed by atoms with Crippen LogP contribution in [0.15, 0.2) is 0 Å². The molecule has 2 rings (SSSR count). The van der Waals surface area contributed by atoms with Gasteiger partial charge in [0, 0.05) is 19.0 Å². The van der Waals surface area contributed by atoms with Crippen LogP contribution in [-0.4, -0.2) is 35.1 Å². The maximum absolute atomic E-state index is 10.7. The van der Waals surface area contributed by atoms with Gasteiger partial charge in [-0.2, -0.15) is 0 Å². The van der Waals surface area contributed by atoms with E-state index >= 15 is 0 Å².